The number of unbranched alkanes of at least 4 members (excludes halogenated alkanes) is 1. The van der Waals surface area contributed by atoms with Crippen molar-refractivity contribution >= 4 is 46.9 Å². The van der Waals surface area contributed by atoms with Gasteiger partial charge in [0.25, 0.3) is 0 Å². The van der Waals surface area contributed by atoms with Crippen molar-refractivity contribution in [1.82, 2.24) is 0 Å². The average Bonchev–Trinajstić information content (AvgIpc) is 3.19. The molecular weight excluding hydrogens is 467 g/mol. The number of aliphatic hydroxyl groups excluding tert-OH is 1. The Hall–Kier alpha value is -1.38. The van der Waals surface area contributed by atoms with Crippen LogP contribution < -0.4 is 4.74 Å². The van der Waals surface area contributed by atoms with E-state index in [1.54, 1.807) is 6.08 Å². The summed E-state index contributed by atoms with van der Waals surface area (Å²) in [6.45, 7) is 1.95. The van der Waals surface area contributed by atoms with Crippen LogP contribution in [0, 0.1) is 24.7 Å². The van der Waals surface area contributed by atoms with Crippen molar-refractivity contribution in [2.45, 2.75) is 51.5 Å². The van der Waals surface area contributed by atoms with E-state index in [0.29, 0.717) is 37.1 Å². The van der Waals surface area contributed by atoms with Gasteiger partial charge in [-0.05, 0) is 72.4 Å². The van der Waals surface area contributed by atoms with Gasteiger partial charge >= 0.3 is 5.97 Å². The third-order valence-corrected chi connectivity index (χ3v) is 7.46. The van der Waals surface area contributed by atoms with Gasteiger partial charge in [0.1, 0.15) is 0 Å². The Morgan fingerprint density at radius 1 is 1.40 bits per heavy atom. The predicted octanol–water partition coefficient (Wildman–Crippen LogP) is 4.72. The molecule has 0 amide bonds. The molecule has 1 aliphatic carbocycles. The first-order valence-corrected chi connectivity index (χ1v) is 11.8. The van der Waals surface area contributed by atoms with E-state index in [-0.39, 0.29) is 36.6 Å². The molecule has 1 aromatic rings. The van der Waals surface area contributed by atoms with Gasteiger partial charge in [0.15, 0.2) is 17.5 Å². The molecule has 2 rings (SSSR count). The number of carboxylic acid groups (broad SMARTS) is 1. The molecule has 0 bridgehead atoms. The number of carbonyl (C=O) groups is 2. The van der Waals surface area contributed by atoms with Gasteiger partial charge in [-0.3, -0.25) is 9.59 Å². The molecular formula is C22H28BBrO5S. The molecule has 1 fully saturated rings. The zero-order chi connectivity index (χ0) is 22.1. The number of ketones is 1. The molecule has 5 nitrogen and oxygen atoms in total. The Labute approximate surface area is 191 Å². The van der Waals surface area contributed by atoms with E-state index in [4.69, 9.17) is 17.7 Å². The van der Waals surface area contributed by atoms with E-state index in [1.165, 1.54) is 11.3 Å². The molecule has 4 atom stereocenters. The van der Waals surface area contributed by atoms with Gasteiger partial charge in [-0.15, -0.1) is 11.3 Å². The first-order valence-electron chi connectivity index (χ1n) is 10.2. The standard InChI is InChI=1S/C22H28BBrO5S/c1-14-19(24)11-22(30-14)29-13-16(25)8-9-17-15(12-23)10-20(26)18(17)6-4-2-3-5-7-21(27)28/h2,4,8-9,11,15,17-18,20,26H,3,5-7,10,12-13H2,1H3,(H,27,28)/b4-2-,9-8+/t15-,17-,18+,20?/m0/s1. The maximum atomic E-state index is 12.3. The molecule has 1 saturated carbocycles. The van der Waals surface area contributed by atoms with Crippen LogP contribution in [0.2, 0.25) is 6.32 Å². The van der Waals surface area contributed by atoms with Crippen LogP contribution in [0.4, 0.5) is 0 Å². The molecule has 2 N–H and O–H groups in total. The molecule has 0 spiro atoms. The molecule has 1 unspecified atom stereocenters. The minimum absolute atomic E-state index is 0.00450. The number of allylic oxidation sites excluding steroid dienone is 3. The largest absolute Gasteiger partial charge is 0.481 e. The fraction of sp³-hybridized carbons (Fsp3) is 0.545. The van der Waals surface area contributed by atoms with E-state index in [9.17, 15) is 14.7 Å². The van der Waals surface area contributed by atoms with E-state index < -0.39 is 12.1 Å². The molecule has 162 valence electrons. The fourth-order valence-electron chi connectivity index (χ4n) is 3.77. The molecule has 30 heavy (non-hydrogen) atoms. The number of thiophene rings is 1. The van der Waals surface area contributed by atoms with Crippen LogP contribution in [0.3, 0.4) is 0 Å². The van der Waals surface area contributed by atoms with Gasteiger partial charge < -0.3 is 14.9 Å². The SMILES string of the molecule is [B]C[C@@H]1CC(O)[C@H](C/C=C\CCCC(=O)O)[C@H]1/C=C/C(=O)COc1cc(Br)c(C)s1. The van der Waals surface area contributed by atoms with Gasteiger partial charge in [0.2, 0.25) is 0 Å². The molecule has 0 aliphatic heterocycles. The smallest absolute Gasteiger partial charge is 0.303 e. The summed E-state index contributed by atoms with van der Waals surface area (Å²) in [5.74, 6) is -0.768. The van der Waals surface area contributed by atoms with Gasteiger partial charge in [0.05, 0.1) is 14.0 Å². The first kappa shape index (κ1) is 24.9. The highest BCUT2D eigenvalue weighted by Gasteiger charge is 2.39. The normalized spacial score (nSPS) is 24.1. The summed E-state index contributed by atoms with van der Waals surface area (Å²) < 4.78 is 6.53. The molecule has 0 aromatic carbocycles. The van der Waals surface area contributed by atoms with Crippen LogP contribution in [0.1, 0.15) is 37.0 Å². The van der Waals surface area contributed by atoms with Crippen LogP contribution in [0.15, 0.2) is 34.8 Å². The number of carboxylic acids is 1. The van der Waals surface area contributed by atoms with Crippen LogP contribution >= 0.6 is 27.3 Å². The number of carbonyl (C=O) groups excluding carboxylic acids is 1. The fourth-order valence-corrected chi connectivity index (χ4v) is 5.13. The lowest BCUT2D eigenvalue weighted by Crippen LogP contribution is -2.19. The summed E-state index contributed by atoms with van der Waals surface area (Å²) in [5.41, 5.74) is 0. The Kier molecular flexibility index (Phi) is 10.3. The molecule has 0 saturated heterocycles. The van der Waals surface area contributed by atoms with Crippen LogP contribution in [0.5, 0.6) is 5.06 Å². The highest BCUT2D eigenvalue weighted by molar-refractivity contribution is 9.10. The van der Waals surface area contributed by atoms with Crippen LogP contribution in [0.25, 0.3) is 0 Å². The lowest BCUT2D eigenvalue weighted by molar-refractivity contribution is -0.137. The van der Waals surface area contributed by atoms with Crippen molar-refractivity contribution in [2.24, 2.45) is 17.8 Å². The van der Waals surface area contributed by atoms with Crippen molar-refractivity contribution in [2.75, 3.05) is 6.61 Å². The monoisotopic (exact) mass is 494 g/mol. The number of ether oxygens (including phenoxy) is 1. The summed E-state index contributed by atoms with van der Waals surface area (Å²) in [6.07, 6.45) is 10.1. The lowest BCUT2D eigenvalue weighted by atomic mass is 9.80. The van der Waals surface area contributed by atoms with E-state index in [2.05, 4.69) is 15.9 Å². The molecule has 1 aliphatic rings. The second-order valence-electron chi connectivity index (χ2n) is 7.62. The number of aliphatic hydroxyl groups is 1. The minimum Gasteiger partial charge on any atom is -0.481 e. The quantitative estimate of drug-likeness (QED) is 0.190. The number of aryl methyl sites for hydroxylation is 1. The third-order valence-electron chi connectivity index (χ3n) is 5.41. The third kappa shape index (κ3) is 7.71. The predicted molar refractivity (Wildman–Crippen MR) is 123 cm³/mol. The highest BCUT2D eigenvalue weighted by atomic mass is 79.9. The Morgan fingerprint density at radius 2 is 2.17 bits per heavy atom. The zero-order valence-corrected chi connectivity index (χ0v) is 19.5. The Balaban J connectivity index is 1.89. The topological polar surface area (TPSA) is 83.8 Å². The molecule has 1 aromatic heterocycles. The second-order valence-corrected chi connectivity index (χ2v) is 9.69. The summed E-state index contributed by atoms with van der Waals surface area (Å²) in [5, 5.41) is 19.8. The Bertz CT molecular complexity index is 756. The number of aliphatic carboxylic acids is 1. The van der Waals surface area contributed by atoms with Crippen molar-refractivity contribution in [3.63, 3.8) is 0 Å². The van der Waals surface area contributed by atoms with Crippen molar-refractivity contribution in [1.29, 1.82) is 0 Å². The number of hydrogen-bond donors (Lipinski definition) is 2. The van der Waals surface area contributed by atoms with Gasteiger partial charge in [0, 0.05) is 21.8 Å². The maximum Gasteiger partial charge on any atom is 0.303 e. The van der Waals surface area contributed by atoms with Crippen LogP contribution in [-0.2, 0) is 9.59 Å². The summed E-state index contributed by atoms with van der Waals surface area (Å²) in [7, 11) is 5.90. The number of rotatable bonds is 12. The number of halogens is 1. The van der Waals surface area contributed by atoms with E-state index in [0.717, 1.165) is 9.35 Å². The lowest BCUT2D eigenvalue weighted by Gasteiger charge is -2.21. The summed E-state index contributed by atoms with van der Waals surface area (Å²) >= 11 is 4.92. The molecule has 8 heteroatoms. The molecule has 1 heterocycles. The minimum atomic E-state index is -0.791. The second kappa shape index (κ2) is 12.5. The number of hydrogen-bond acceptors (Lipinski definition) is 5. The van der Waals surface area contributed by atoms with Gasteiger partial charge in [-0.1, -0.05) is 24.5 Å². The summed E-state index contributed by atoms with van der Waals surface area (Å²) in [4.78, 5) is 23.9. The first-order chi connectivity index (χ1) is 14.3. The van der Waals surface area contributed by atoms with E-state index >= 15 is 0 Å². The molecule has 2 radical (unpaired) electrons. The van der Waals surface area contributed by atoms with Crippen molar-refractivity contribution in [3.05, 3.63) is 39.7 Å². The van der Waals surface area contributed by atoms with Gasteiger partial charge in [-0.25, -0.2) is 0 Å². The summed E-state index contributed by atoms with van der Waals surface area (Å²) in [6, 6.07) is 1.85. The highest BCUT2D eigenvalue weighted by Crippen LogP contribution is 2.42. The average molecular weight is 495 g/mol. The van der Waals surface area contributed by atoms with E-state index in [1.807, 2.05) is 31.2 Å². The Morgan fingerprint density at radius 3 is 2.80 bits per heavy atom. The van der Waals surface area contributed by atoms with Crippen molar-refractivity contribution in [3.8, 4) is 5.06 Å². The van der Waals surface area contributed by atoms with Gasteiger partial charge in [-0.2, -0.15) is 0 Å². The van der Waals surface area contributed by atoms with Crippen LogP contribution in [-0.4, -0.2) is 42.5 Å². The van der Waals surface area contributed by atoms with Crippen molar-refractivity contribution < 1.29 is 24.5 Å². The maximum absolute atomic E-state index is 12.3. The zero-order valence-electron chi connectivity index (χ0n) is 17.1.